The highest BCUT2D eigenvalue weighted by Crippen LogP contribution is 2.34. The van der Waals surface area contributed by atoms with Crippen molar-refractivity contribution in [2.45, 2.75) is 0 Å². The van der Waals surface area contributed by atoms with Crippen LogP contribution in [-0.4, -0.2) is 12.1 Å². The Morgan fingerprint density at radius 2 is 2.00 bits per heavy atom. The van der Waals surface area contributed by atoms with Crippen molar-refractivity contribution in [2.75, 3.05) is 7.11 Å². The fourth-order valence-electron chi connectivity index (χ4n) is 1.08. The van der Waals surface area contributed by atoms with E-state index in [9.17, 15) is 0 Å². The number of methoxy groups -OCH3 is 1. The van der Waals surface area contributed by atoms with Crippen LogP contribution < -0.4 is 9.47 Å². The van der Waals surface area contributed by atoms with Crippen LogP contribution in [0.5, 0.6) is 16.7 Å². The lowest BCUT2D eigenvalue weighted by molar-refractivity contribution is 0.378. The molecule has 0 bridgehead atoms. The van der Waals surface area contributed by atoms with E-state index in [4.69, 9.17) is 9.47 Å². The number of ether oxygens (including phenoxy) is 2. The largest absolute Gasteiger partial charge is 0.493 e. The van der Waals surface area contributed by atoms with Crippen molar-refractivity contribution in [2.24, 2.45) is 0 Å². The minimum atomic E-state index is 0.589. The van der Waals surface area contributed by atoms with Crippen LogP contribution in [0.2, 0.25) is 0 Å². The van der Waals surface area contributed by atoms with Gasteiger partial charge in [0.1, 0.15) is 0 Å². The van der Waals surface area contributed by atoms with E-state index < -0.39 is 0 Å². The van der Waals surface area contributed by atoms with Gasteiger partial charge in [-0.3, -0.25) is 0 Å². The Hall–Kier alpha value is -1.07. The van der Waals surface area contributed by atoms with Crippen LogP contribution in [0.3, 0.4) is 0 Å². The molecule has 0 N–H and O–H groups in total. The Bertz CT molecular complexity index is 458. The van der Waals surface area contributed by atoms with E-state index in [2.05, 4.69) is 20.9 Å². The zero-order chi connectivity index (χ0) is 10.7. The molecule has 0 fully saturated rings. The molecule has 0 aliphatic rings. The summed E-state index contributed by atoms with van der Waals surface area (Å²) in [6.45, 7) is 0. The molecule has 0 spiro atoms. The monoisotopic (exact) mass is 285 g/mol. The number of benzene rings is 1. The van der Waals surface area contributed by atoms with E-state index in [0.29, 0.717) is 16.7 Å². The van der Waals surface area contributed by atoms with Crippen LogP contribution in [0.1, 0.15) is 0 Å². The van der Waals surface area contributed by atoms with Crippen LogP contribution in [0.4, 0.5) is 0 Å². The SMILES string of the molecule is COc1ccccc1Oc1ncc(Br)s1. The van der Waals surface area contributed by atoms with E-state index >= 15 is 0 Å². The molecule has 5 heteroatoms. The Balaban J connectivity index is 2.23. The number of para-hydroxylation sites is 2. The number of nitrogens with zero attached hydrogens (tertiary/aromatic N) is 1. The van der Waals surface area contributed by atoms with Gasteiger partial charge in [0.15, 0.2) is 11.5 Å². The van der Waals surface area contributed by atoms with Crippen molar-refractivity contribution in [1.82, 2.24) is 4.98 Å². The summed E-state index contributed by atoms with van der Waals surface area (Å²) in [6.07, 6.45) is 1.70. The third-order valence-corrected chi connectivity index (χ3v) is 3.08. The summed E-state index contributed by atoms with van der Waals surface area (Å²) in [5, 5.41) is 0.589. The van der Waals surface area contributed by atoms with Crippen LogP contribution in [0.15, 0.2) is 34.2 Å². The molecule has 3 nitrogen and oxygen atoms in total. The van der Waals surface area contributed by atoms with Gasteiger partial charge in [-0.25, -0.2) is 4.98 Å². The average molecular weight is 286 g/mol. The molecular formula is C10H8BrNO2S. The number of rotatable bonds is 3. The van der Waals surface area contributed by atoms with Gasteiger partial charge in [-0.2, -0.15) is 0 Å². The van der Waals surface area contributed by atoms with Crippen molar-refractivity contribution in [3.63, 3.8) is 0 Å². The molecule has 2 aromatic rings. The molecule has 2 rings (SSSR count). The molecule has 1 aromatic heterocycles. The molecule has 1 aromatic carbocycles. The van der Waals surface area contributed by atoms with Crippen molar-refractivity contribution in [3.05, 3.63) is 34.2 Å². The van der Waals surface area contributed by atoms with Gasteiger partial charge in [0.25, 0.3) is 5.19 Å². The highest BCUT2D eigenvalue weighted by molar-refractivity contribution is 9.11. The van der Waals surface area contributed by atoms with Gasteiger partial charge >= 0.3 is 0 Å². The number of hydrogen-bond acceptors (Lipinski definition) is 4. The number of hydrogen-bond donors (Lipinski definition) is 0. The molecule has 0 aliphatic carbocycles. The van der Waals surface area contributed by atoms with Gasteiger partial charge in [-0.1, -0.05) is 23.5 Å². The van der Waals surface area contributed by atoms with E-state index in [1.54, 1.807) is 13.3 Å². The van der Waals surface area contributed by atoms with Crippen LogP contribution in [-0.2, 0) is 0 Å². The van der Waals surface area contributed by atoms with E-state index in [-0.39, 0.29) is 0 Å². The fourth-order valence-corrected chi connectivity index (χ4v) is 2.11. The second-order valence-corrected chi connectivity index (χ2v) is 5.06. The molecule has 0 amide bonds. The number of halogens is 1. The first-order chi connectivity index (χ1) is 7.29. The zero-order valence-electron chi connectivity index (χ0n) is 7.94. The van der Waals surface area contributed by atoms with Crippen molar-refractivity contribution in [1.29, 1.82) is 0 Å². The topological polar surface area (TPSA) is 31.4 Å². The highest BCUT2D eigenvalue weighted by Gasteiger charge is 2.06. The van der Waals surface area contributed by atoms with Gasteiger partial charge in [-0.15, -0.1) is 0 Å². The van der Waals surface area contributed by atoms with Crippen molar-refractivity contribution >= 4 is 27.3 Å². The molecule has 1 heterocycles. The van der Waals surface area contributed by atoms with Gasteiger partial charge in [0.2, 0.25) is 0 Å². The lowest BCUT2D eigenvalue weighted by Gasteiger charge is -2.06. The lowest BCUT2D eigenvalue weighted by Crippen LogP contribution is -1.88. The Labute approximate surface area is 99.8 Å². The minimum Gasteiger partial charge on any atom is -0.493 e. The third-order valence-electron chi connectivity index (χ3n) is 1.72. The first-order valence-electron chi connectivity index (χ1n) is 4.22. The molecule has 0 saturated heterocycles. The normalized spacial score (nSPS) is 10.0. The number of aromatic nitrogens is 1. The lowest BCUT2D eigenvalue weighted by atomic mass is 10.3. The second-order valence-electron chi connectivity index (χ2n) is 2.68. The molecular weight excluding hydrogens is 278 g/mol. The standard InChI is InChI=1S/C10H8BrNO2S/c1-13-7-4-2-3-5-8(7)14-10-12-6-9(11)15-10/h2-6H,1H3. The quantitative estimate of drug-likeness (QED) is 0.862. The molecule has 78 valence electrons. The fraction of sp³-hybridized carbons (Fsp3) is 0.100. The summed E-state index contributed by atoms with van der Waals surface area (Å²) in [5.41, 5.74) is 0. The van der Waals surface area contributed by atoms with Gasteiger partial charge in [0, 0.05) is 0 Å². The zero-order valence-corrected chi connectivity index (χ0v) is 10.3. The summed E-state index contributed by atoms with van der Waals surface area (Å²) in [5.74, 6) is 1.37. The number of thiazole rings is 1. The summed E-state index contributed by atoms with van der Waals surface area (Å²) >= 11 is 4.76. The first kappa shape index (κ1) is 10.4. The second kappa shape index (κ2) is 4.63. The van der Waals surface area contributed by atoms with Gasteiger partial charge < -0.3 is 9.47 Å². The van der Waals surface area contributed by atoms with Crippen LogP contribution in [0, 0.1) is 0 Å². The predicted molar refractivity (Wildman–Crippen MR) is 62.9 cm³/mol. The van der Waals surface area contributed by atoms with E-state index in [1.807, 2.05) is 24.3 Å². The summed E-state index contributed by atoms with van der Waals surface area (Å²) in [6, 6.07) is 7.47. The molecule has 0 atom stereocenters. The van der Waals surface area contributed by atoms with Gasteiger partial charge in [-0.05, 0) is 28.1 Å². The summed E-state index contributed by atoms with van der Waals surface area (Å²) in [4.78, 5) is 4.08. The summed E-state index contributed by atoms with van der Waals surface area (Å²) in [7, 11) is 1.61. The van der Waals surface area contributed by atoms with Crippen molar-refractivity contribution in [3.8, 4) is 16.7 Å². The predicted octanol–water partition coefficient (Wildman–Crippen LogP) is 3.71. The van der Waals surface area contributed by atoms with E-state index in [0.717, 1.165) is 3.79 Å². The molecule has 0 saturated carbocycles. The Kier molecular flexibility index (Phi) is 3.23. The maximum absolute atomic E-state index is 5.57. The average Bonchev–Trinajstić information content (AvgIpc) is 2.65. The molecule has 0 radical (unpaired) electrons. The van der Waals surface area contributed by atoms with Crippen molar-refractivity contribution < 1.29 is 9.47 Å². The maximum atomic E-state index is 5.57. The first-order valence-corrected chi connectivity index (χ1v) is 5.83. The minimum absolute atomic E-state index is 0.589. The smallest absolute Gasteiger partial charge is 0.279 e. The molecule has 0 aliphatic heterocycles. The Morgan fingerprint density at radius 1 is 1.27 bits per heavy atom. The maximum Gasteiger partial charge on any atom is 0.279 e. The van der Waals surface area contributed by atoms with Crippen LogP contribution in [0.25, 0.3) is 0 Å². The Morgan fingerprint density at radius 3 is 2.60 bits per heavy atom. The van der Waals surface area contributed by atoms with Gasteiger partial charge in [0.05, 0.1) is 17.1 Å². The highest BCUT2D eigenvalue weighted by atomic mass is 79.9. The molecule has 15 heavy (non-hydrogen) atoms. The summed E-state index contributed by atoms with van der Waals surface area (Å²) < 4.78 is 11.7. The van der Waals surface area contributed by atoms with Crippen LogP contribution >= 0.6 is 27.3 Å². The molecule has 0 unspecified atom stereocenters. The third kappa shape index (κ3) is 2.49. The van der Waals surface area contributed by atoms with E-state index in [1.165, 1.54) is 11.3 Å².